The molecular weight excluding hydrogens is 359 g/mol. The molecule has 1 amide bonds. The van der Waals surface area contributed by atoms with Gasteiger partial charge in [0.15, 0.2) is 0 Å². The highest BCUT2D eigenvalue weighted by atomic mass is 35.5. The summed E-state index contributed by atoms with van der Waals surface area (Å²) in [4.78, 5) is 12.1. The van der Waals surface area contributed by atoms with Crippen LogP contribution in [0.2, 0.25) is 10.0 Å². The molecule has 0 fully saturated rings. The summed E-state index contributed by atoms with van der Waals surface area (Å²) in [7, 11) is -3.40. The van der Waals surface area contributed by atoms with E-state index in [-0.39, 0.29) is 16.5 Å². The van der Waals surface area contributed by atoms with Gasteiger partial charge < -0.3 is 5.32 Å². The molecule has 0 aliphatic rings. The Morgan fingerprint density at radius 1 is 1.09 bits per heavy atom. The topological polar surface area (TPSA) is 75.3 Å². The summed E-state index contributed by atoms with van der Waals surface area (Å²) in [6, 6.07) is 11.4. The normalized spacial score (nSPS) is 11.1. The lowest BCUT2D eigenvalue weighted by molar-refractivity contribution is 0.0951. The van der Waals surface area contributed by atoms with E-state index in [1.165, 1.54) is 18.2 Å². The third-order valence-corrected chi connectivity index (χ3v) is 4.05. The number of carbonyl (C=O) groups excluding carboxylic acids is 1. The molecule has 0 aromatic heterocycles. The predicted molar refractivity (Wildman–Crippen MR) is 92.5 cm³/mol. The average molecular weight is 373 g/mol. The van der Waals surface area contributed by atoms with E-state index in [1.54, 1.807) is 12.1 Å². The minimum atomic E-state index is -3.40. The lowest BCUT2D eigenvalue weighted by Gasteiger charge is -2.09. The summed E-state index contributed by atoms with van der Waals surface area (Å²) in [5.41, 5.74) is 1.46. The lowest BCUT2D eigenvalue weighted by Crippen LogP contribution is -2.23. The summed E-state index contributed by atoms with van der Waals surface area (Å²) >= 11 is 11.8. The number of hydrogen-bond acceptors (Lipinski definition) is 3. The van der Waals surface area contributed by atoms with Crippen LogP contribution in [0.3, 0.4) is 0 Å². The minimum absolute atomic E-state index is 0.159. The zero-order chi connectivity index (χ0) is 17.0. The summed E-state index contributed by atoms with van der Waals surface area (Å²) in [5, 5.41) is 3.52. The van der Waals surface area contributed by atoms with E-state index in [1.807, 2.05) is 12.1 Å². The number of benzene rings is 2. The van der Waals surface area contributed by atoms with E-state index in [0.717, 1.165) is 11.8 Å². The highest BCUT2D eigenvalue weighted by Crippen LogP contribution is 2.21. The molecule has 23 heavy (non-hydrogen) atoms. The maximum atomic E-state index is 12.1. The largest absolute Gasteiger partial charge is 0.348 e. The number of anilines is 1. The molecule has 0 atom stereocenters. The quantitative estimate of drug-likeness (QED) is 0.845. The average Bonchev–Trinajstić information content (AvgIpc) is 2.45. The molecule has 2 N–H and O–H groups in total. The van der Waals surface area contributed by atoms with Crippen molar-refractivity contribution in [2.45, 2.75) is 6.54 Å². The summed E-state index contributed by atoms with van der Waals surface area (Å²) in [5.74, 6) is -0.351. The Morgan fingerprint density at radius 2 is 1.74 bits per heavy atom. The Bertz CT molecular complexity index is 821. The van der Waals surface area contributed by atoms with E-state index in [9.17, 15) is 13.2 Å². The van der Waals surface area contributed by atoms with Crippen LogP contribution in [0.5, 0.6) is 0 Å². The molecule has 0 radical (unpaired) electrons. The van der Waals surface area contributed by atoms with Gasteiger partial charge in [-0.05, 0) is 35.9 Å². The van der Waals surface area contributed by atoms with Gasteiger partial charge in [0.2, 0.25) is 10.0 Å². The molecule has 0 saturated carbocycles. The van der Waals surface area contributed by atoms with Crippen molar-refractivity contribution in [3.8, 4) is 0 Å². The summed E-state index contributed by atoms with van der Waals surface area (Å²) in [6.45, 7) is 0.329. The van der Waals surface area contributed by atoms with Gasteiger partial charge in [-0.1, -0.05) is 35.3 Å². The van der Waals surface area contributed by atoms with Crippen LogP contribution in [0.25, 0.3) is 0 Å². The Morgan fingerprint density at radius 3 is 2.30 bits per heavy atom. The number of sulfonamides is 1. The Hall–Kier alpha value is -1.76. The van der Waals surface area contributed by atoms with Crippen LogP contribution in [0, 0.1) is 0 Å². The number of halogens is 2. The van der Waals surface area contributed by atoms with Gasteiger partial charge in [0, 0.05) is 17.3 Å². The highest BCUT2D eigenvalue weighted by Gasteiger charge is 2.12. The van der Waals surface area contributed by atoms with Crippen LogP contribution < -0.4 is 10.0 Å². The zero-order valence-corrected chi connectivity index (χ0v) is 14.5. The van der Waals surface area contributed by atoms with E-state index in [0.29, 0.717) is 17.3 Å². The van der Waals surface area contributed by atoms with Crippen molar-refractivity contribution in [1.29, 1.82) is 0 Å². The van der Waals surface area contributed by atoms with Crippen molar-refractivity contribution in [1.82, 2.24) is 5.32 Å². The first-order chi connectivity index (χ1) is 10.7. The van der Waals surface area contributed by atoms with Crippen molar-refractivity contribution < 1.29 is 13.2 Å². The molecule has 5 nitrogen and oxygen atoms in total. The van der Waals surface area contributed by atoms with Gasteiger partial charge >= 0.3 is 0 Å². The van der Waals surface area contributed by atoms with Gasteiger partial charge in [0.1, 0.15) is 0 Å². The van der Waals surface area contributed by atoms with Crippen LogP contribution in [-0.2, 0) is 16.6 Å². The van der Waals surface area contributed by atoms with Gasteiger partial charge in [0.25, 0.3) is 5.91 Å². The number of hydrogen-bond donors (Lipinski definition) is 2. The third-order valence-electron chi connectivity index (χ3n) is 2.88. The monoisotopic (exact) mass is 372 g/mol. The molecule has 0 unspecified atom stereocenters. The molecule has 0 aliphatic carbocycles. The van der Waals surface area contributed by atoms with Crippen LogP contribution in [0.4, 0.5) is 5.69 Å². The number of carbonyl (C=O) groups is 1. The first-order valence-electron chi connectivity index (χ1n) is 6.54. The highest BCUT2D eigenvalue weighted by molar-refractivity contribution is 7.92. The van der Waals surface area contributed by atoms with Gasteiger partial charge in [-0.15, -0.1) is 0 Å². The van der Waals surface area contributed by atoms with E-state index in [2.05, 4.69) is 10.0 Å². The van der Waals surface area contributed by atoms with Gasteiger partial charge in [-0.25, -0.2) is 8.42 Å². The fourth-order valence-corrected chi connectivity index (χ4v) is 2.80. The Kier molecular flexibility index (Phi) is 5.51. The molecule has 0 heterocycles. The number of nitrogens with one attached hydrogen (secondary N) is 2. The molecule has 0 saturated heterocycles. The van der Waals surface area contributed by atoms with Crippen molar-refractivity contribution in [3.63, 3.8) is 0 Å². The number of rotatable bonds is 5. The molecule has 122 valence electrons. The second-order valence-electron chi connectivity index (χ2n) is 4.88. The molecule has 8 heteroatoms. The summed E-state index contributed by atoms with van der Waals surface area (Å²) in [6.07, 6.45) is 1.04. The van der Waals surface area contributed by atoms with Crippen molar-refractivity contribution in [2.75, 3.05) is 11.0 Å². The summed E-state index contributed by atoms with van der Waals surface area (Å²) < 4.78 is 24.6. The molecule has 0 aliphatic heterocycles. The van der Waals surface area contributed by atoms with Crippen LogP contribution in [-0.4, -0.2) is 20.6 Å². The lowest BCUT2D eigenvalue weighted by atomic mass is 10.1. The molecular formula is C15H14Cl2N2O3S. The predicted octanol–water partition coefficient (Wildman–Crippen LogP) is 3.29. The first kappa shape index (κ1) is 17.6. The van der Waals surface area contributed by atoms with Gasteiger partial charge in [0.05, 0.1) is 16.8 Å². The van der Waals surface area contributed by atoms with E-state index < -0.39 is 10.0 Å². The van der Waals surface area contributed by atoms with Gasteiger partial charge in [-0.3, -0.25) is 9.52 Å². The van der Waals surface area contributed by atoms with Crippen LogP contribution >= 0.6 is 23.2 Å². The van der Waals surface area contributed by atoms with Crippen molar-refractivity contribution in [2.24, 2.45) is 0 Å². The Labute approximate surface area is 144 Å². The maximum absolute atomic E-state index is 12.1. The van der Waals surface area contributed by atoms with Crippen LogP contribution in [0.1, 0.15) is 15.9 Å². The molecule has 2 aromatic rings. The smallest absolute Gasteiger partial charge is 0.253 e. The van der Waals surface area contributed by atoms with Crippen molar-refractivity contribution in [3.05, 3.63) is 63.6 Å². The second kappa shape index (κ2) is 7.21. The van der Waals surface area contributed by atoms with E-state index in [4.69, 9.17) is 23.2 Å². The van der Waals surface area contributed by atoms with Crippen LogP contribution in [0.15, 0.2) is 42.5 Å². The fraction of sp³-hybridized carbons (Fsp3) is 0.133. The van der Waals surface area contributed by atoms with Crippen molar-refractivity contribution >= 4 is 44.8 Å². The molecule has 0 spiro atoms. The zero-order valence-electron chi connectivity index (χ0n) is 12.1. The number of amides is 1. The minimum Gasteiger partial charge on any atom is -0.348 e. The third kappa shape index (κ3) is 5.42. The molecule has 2 rings (SSSR count). The first-order valence-corrected chi connectivity index (χ1v) is 9.19. The molecule has 2 aromatic carbocycles. The standard InChI is InChI=1S/C15H14Cl2N2O3S/c1-23(21,22)19-12-6-7-13(14(17)8-12)15(20)18-9-10-2-4-11(16)5-3-10/h2-8,19H,9H2,1H3,(H,18,20). The second-order valence-corrected chi connectivity index (χ2v) is 7.47. The maximum Gasteiger partial charge on any atom is 0.253 e. The fourth-order valence-electron chi connectivity index (χ4n) is 1.86. The molecule has 0 bridgehead atoms. The Balaban J connectivity index is 2.06. The van der Waals surface area contributed by atoms with E-state index >= 15 is 0 Å². The SMILES string of the molecule is CS(=O)(=O)Nc1ccc(C(=O)NCc2ccc(Cl)cc2)c(Cl)c1. The van der Waals surface area contributed by atoms with Gasteiger partial charge in [-0.2, -0.15) is 0 Å².